The minimum atomic E-state index is -0.316. The van der Waals surface area contributed by atoms with Crippen LogP contribution in [0, 0.1) is 6.92 Å². The molecule has 7 heteroatoms. The summed E-state index contributed by atoms with van der Waals surface area (Å²) in [5, 5.41) is 3.60. The van der Waals surface area contributed by atoms with Gasteiger partial charge in [-0.15, -0.1) is 0 Å². The van der Waals surface area contributed by atoms with Crippen molar-refractivity contribution in [3.05, 3.63) is 89.6 Å². The first-order valence-corrected chi connectivity index (χ1v) is 10.8. The Bertz CT molecular complexity index is 1260. The van der Waals surface area contributed by atoms with E-state index in [1.54, 1.807) is 35.4 Å². The number of benzene rings is 2. The zero-order valence-electron chi connectivity index (χ0n) is 19.0. The van der Waals surface area contributed by atoms with E-state index in [1.165, 1.54) is 0 Å². The second kappa shape index (κ2) is 9.75. The molecule has 0 bridgehead atoms. The van der Waals surface area contributed by atoms with Crippen LogP contribution in [0.15, 0.2) is 75.8 Å². The molecular formula is C26H27N3O4. The minimum absolute atomic E-state index is 0.0996. The summed E-state index contributed by atoms with van der Waals surface area (Å²) >= 11 is 0. The highest BCUT2D eigenvalue weighted by molar-refractivity contribution is 6.14. The Kier molecular flexibility index (Phi) is 6.60. The van der Waals surface area contributed by atoms with Gasteiger partial charge in [0.2, 0.25) is 5.76 Å². The lowest BCUT2D eigenvalue weighted by Crippen LogP contribution is -2.36. The molecule has 0 spiro atoms. The number of amides is 2. The molecule has 0 fully saturated rings. The molecule has 170 valence electrons. The van der Waals surface area contributed by atoms with Crippen LogP contribution >= 0.6 is 0 Å². The number of fused-ring (bicyclic) bond motifs is 1. The molecule has 0 aliphatic rings. The Morgan fingerprint density at radius 2 is 1.79 bits per heavy atom. The van der Waals surface area contributed by atoms with Gasteiger partial charge in [0.1, 0.15) is 17.0 Å². The van der Waals surface area contributed by atoms with E-state index in [4.69, 9.17) is 8.83 Å². The van der Waals surface area contributed by atoms with Crippen LogP contribution in [0.1, 0.15) is 32.2 Å². The fourth-order valence-electron chi connectivity index (χ4n) is 3.60. The first-order valence-electron chi connectivity index (χ1n) is 10.8. The van der Waals surface area contributed by atoms with Crippen molar-refractivity contribution < 1.29 is 18.4 Å². The minimum Gasteiger partial charge on any atom is -0.467 e. The Morgan fingerprint density at radius 1 is 0.970 bits per heavy atom. The van der Waals surface area contributed by atoms with Gasteiger partial charge in [0.25, 0.3) is 11.8 Å². The van der Waals surface area contributed by atoms with Crippen molar-refractivity contribution >= 4 is 28.5 Å². The monoisotopic (exact) mass is 445 g/mol. The van der Waals surface area contributed by atoms with E-state index >= 15 is 0 Å². The van der Waals surface area contributed by atoms with Crippen LogP contribution in [0.3, 0.4) is 0 Å². The average molecular weight is 446 g/mol. The zero-order valence-corrected chi connectivity index (χ0v) is 19.0. The standard InChI is InChI=1S/C26H27N3O4/c1-18-8-6-9-19(16-18)25(30)27-23-21-11-4-5-12-22(21)33-24(23)26(31)29(14-13-28(2)3)17-20-10-7-15-32-20/h4-12,15-16H,13-14,17H2,1-3H3,(H,27,30). The van der Waals surface area contributed by atoms with Crippen LogP contribution in [-0.4, -0.2) is 48.8 Å². The number of anilines is 1. The number of para-hydroxylation sites is 1. The van der Waals surface area contributed by atoms with Crippen molar-refractivity contribution in [3.8, 4) is 0 Å². The number of furan rings is 2. The Balaban J connectivity index is 1.70. The van der Waals surface area contributed by atoms with Gasteiger partial charge in [-0.1, -0.05) is 29.8 Å². The fraction of sp³-hybridized carbons (Fsp3) is 0.231. The number of nitrogens with one attached hydrogen (secondary N) is 1. The van der Waals surface area contributed by atoms with Crippen molar-refractivity contribution in [3.63, 3.8) is 0 Å². The summed E-state index contributed by atoms with van der Waals surface area (Å²) in [6.45, 7) is 3.35. The summed E-state index contributed by atoms with van der Waals surface area (Å²) in [5.41, 5.74) is 2.39. The molecule has 4 aromatic rings. The van der Waals surface area contributed by atoms with E-state index in [-0.39, 0.29) is 17.6 Å². The van der Waals surface area contributed by atoms with Crippen LogP contribution in [0.4, 0.5) is 5.69 Å². The van der Waals surface area contributed by atoms with E-state index in [0.717, 1.165) is 5.56 Å². The normalized spacial score (nSPS) is 11.2. The molecule has 7 nitrogen and oxygen atoms in total. The molecule has 0 unspecified atom stereocenters. The topological polar surface area (TPSA) is 78.9 Å². The molecule has 0 atom stereocenters. The third kappa shape index (κ3) is 5.15. The summed E-state index contributed by atoms with van der Waals surface area (Å²) in [6.07, 6.45) is 1.58. The van der Waals surface area contributed by atoms with Gasteiger partial charge in [-0.3, -0.25) is 9.59 Å². The van der Waals surface area contributed by atoms with Crippen molar-refractivity contribution in [2.75, 3.05) is 32.5 Å². The first kappa shape index (κ1) is 22.4. The Hall–Kier alpha value is -3.84. The van der Waals surface area contributed by atoms with Crippen LogP contribution < -0.4 is 5.32 Å². The molecule has 33 heavy (non-hydrogen) atoms. The number of nitrogens with zero attached hydrogens (tertiary/aromatic N) is 2. The van der Waals surface area contributed by atoms with E-state index in [0.29, 0.717) is 47.6 Å². The van der Waals surface area contributed by atoms with Crippen molar-refractivity contribution in [2.45, 2.75) is 13.5 Å². The van der Waals surface area contributed by atoms with Crippen molar-refractivity contribution in [2.24, 2.45) is 0 Å². The van der Waals surface area contributed by atoms with Crippen LogP contribution in [0.5, 0.6) is 0 Å². The van der Waals surface area contributed by atoms with Crippen LogP contribution in [0.25, 0.3) is 11.0 Å². The smallest absolute Gasteiger partial charge is 0.292 e. The number of carbonyl (C=O) groups excluding carboxylic acids is 2. The van der Waals surface area contributed by atoms with Crippen molar-refractivity contribution in [1.29, 1.82) is 0 Å². The fourth-order valence-corrected chi connectivity index (χ4v) is 3.60. The molecule has 0 saturated carbocycles. The maximum absolute atomic E-state index is 13.7. The molecule has 0 radical (unpaired) electrons. The highest BCUT2D eigenvalue weighted by Crippen LogP contribution is 2.32. The molecule has 2 heterocycles. The highest BCUT2D eigenvalue weighted by Gasteiger charge is 2.27. The Morgan fingerprint density at radius 3 is 2.52 bits per heavy atom. The number of rotatable bonds is 8. The van der Waals surface area contributed by atoms with Gasteiger partial charge in [-0.25, -0.2) is 0 Å². The molecule has 0 saturated heterocycles. The molecule has 2 aromatic heterocycles. The molecular weight excluding hydrogens is 418 g/mol. The summed E-state index contributed by atoms with van der Waals surface area (Å²) in [7, 11) is 3.90. The number of hydrogen-bond acceptors (Lipinski definition) is 5. The van der Waals surface area contributed by atoms with E-state index in [9.17, 15) is 9.59 Å². The van der Waals surface area contributed by atoms with E-state index in [2.05, 4.69) is 5.32 Å². The third-order valence-corrected chi connectivity index (χ3v) is 5.34. The average Bonchev–Trinajstić information content (AvgIpc) is 3.44. The van der Waals surface area contributed by atoms with Crippen LogP contribution in [-0.2, 0) is 6.54 Å². The number of aryl methyl sites for hydroxylation is 1. The summed E-state index contributed by atoms with van der Waals surface area (Å²) in [6, 6.07) is 18.2. The third-order valence-electron chi connectivity index (χ3n) is 5.34. The first-order chi connectivity index (χ1) is 15.9. The number of hydrogen-bond donors (Lipinski definition) is 1. The summed E-state index contributed by atoms with van der Waals surface area (Å²) in [5.74, 6) is 0.153. The van der Waals surface area contributed by atoms with Gasteiger partial charge in [0.05, 0.1) is 12.8 Å². The second-order valence-electron chi connectivity index (χ2n) is 8.24. The predicted octanol–water partition coefficient (Wildman–Crippen LogP) is 4.79. The summed E-state index contributed by atoms with van der Waals surface area (Å²) < 4.78 is 11.5. The molecule has 1 N–H and O–H groups in total. The predicted molar refractivity (Wildman–Crippen MR) is 127 cm³/mol. The molecule has 4 rings (SSSR count). The lowest BCUT2D eigenvalue weighted by atomic mass is 10.1. The van der Waals surface area contributed by atoms with Crippen molar-refractivity contribution in [1.82, 2.24) is 9.80 Å². The molecule has 2 aromatic carbocycles. The maximum atomic E-state index is 13.7. The quantitative estimate of drug-likeness (QED) is 0.422. The zero-order chi connectivity index (χ0) is 23.4. The van der Waals surface area contributed by atoms with Gasteiger partial charge < -0.3 is 24.0 Å². The van der Waals surface area contributed by atoms with Crippen LogP contribution in [0.2, 0.25) is 0 Å². The van der Waals surface area contributed by atoms with Gasteiger partial charge in [0.15, 0.2) is 0 Å². The van der Waals surface area contributed by atoms with Gasteiger partial charge in [0, 0.05) is 24.0 Å². The summed E-state index contributed by atoms with van der Waals surface area (Å²) in [4.78, 5) is 30.4. The van der Waals surface area contributed by atoms with E-state index in [1.807, 2.05) is 62.3 Å². The van der Waals surface area contributed by atoms with Gasteiger partial charge in [-0.05, 0) is 57.4 Å². The SMILES string of the molecule is Cc1cccc(C(=O)Nc2c(C(=O)N(CCN(C)C)Cc3ccco3)oc3ccccc23)c1. The van der Waals surface area contributed by atoms with Gasteiger partial charge >= 0.3 is 0 Å². The lowest BCUT2D eigenvalue weighted by molar-refractivity contribution is 0.0691. The highest BCUT2D eigenvalue weighted by atomic mass is 16.4. The number of carbonyl (C=O) groups is 2. The molecule has 0 aliphatic carbocycles. The largest absolute Gasteiger partial charge is 0.467 e. The number of likely N-dealkylation sites (N-methyl/N-ethyl adjacent to an activating group) is 1. The maximum Gasteiger partial charge on any atom is 0.292 e. The lowest BCUT2D eigenvalue weighted by Gasteiger charge is -2.23. The van der Waals surface area contributed by atoms with Gasteiger partial charge in [-0.2, -0.15) is 0 Å². The second-order valence-corrected chi connectivity index (χ2v) is 8.24. The Labute approximate surface area is 192 Å². The molecule has 0 aliphatic heterocycles. The molecule has 2 amide bonds. The van der Waals surface area contributed by atoms with E-state index < -0.39 is 0 Å².